The first kappa shape index (κ1) is 11.2. The van der Waals surface area contributed by atoms with E-state index in [2.05, 4.69) is 54.3 Å². The first-order chi connectivity index (χ1) is 8.74. The highest BCUT2D eigenvalue weighted by Gasteiger charge is 2.11. The molecule has 0 atom stereocenters. The van der Waals surface area contributed by atoms with Crippen LogP contribution < -0.4 is 10.2 Å². The monoisotopic (exact) mass is 242 g/mol. The summed E-state index contributed by atoms with van der Waals surface area (Å²) in [4.78, 5) is 0. The van der Waals surface area contributed by atoms with Crippen LogP contribution in [0.5, 0.6) is 5.75 Å². The Kier molecular flexibility index (Phi) is 2.74. The minimum atomic E-state index is 0.821. The third-order valence-corrected chi connectivity index (χ3v) is 3.47. The van der Waals surface area contributed by atoms with E-state index < -0.39 is 0 Å². The summed E-state index contributed by atoms with van der Waals surface area (Å²) < 4.78 is 7.65. The zero-order chi connectivity index (χ0) is 12.5. The minimum Gasteiger partial charge on any atom is -0.493 e. The Labute approximate surface area is 107 Å². The van der Waals surface area contributed by atoms with Crippen LogP contribution in [-0.4, -0.2) is 11.3 Å². The second-order valence-corrected chi connectivity index (χ2v) is 4.83. The maximum Gasteiger partial charge on any atom is 0.122 e. The van der Waals surface area contributed by atoms with Gasteiger partial charge in [0.2, 0.25) is 0 Å². The van der Waals surface area contributed by atoms with E-state index in [1.165, 1.54) is 22.5 Å². The highest BCUT2D eigenvalue weighted by molar-refractivity contribution is 5.40. The van der Waals surface area contributed by atoms with Gasteiger partial charge in [0, 0.05) is 17.8 Å². The SMILES string of the molecule is Cc1ccc(C)n1NCc1ccc2c(c1)CCO2. The van der Waals surface area contributed by atoms with Crippen LogP contribution in [0.2, 0.25) is 0 Å². The summed E-state index contributed by atoms with van der Waals surface area (Å²) in [6.45, 7) is 5.87. The van der Waals surface area contributed by atoms with E-state index in [0.717, 1.165) is 25.3 Å². The lowest BCUT2D eigenvalue weighted by Crippen LogP contribution is -2.16. The molecule has 94 valence electrons. The molecule has 3 nitrogen and oxygen atoms in total. The van der Waals surface area contributed by atoms with Gasteiger partial charge in [-0.15, -0.1) is 0 Å². The maximum atomic E-state index is 5.52. The number of aromatic nitrogens is 1. The normalized spacial score (nSPS) is 13.2. The highest BCUT2D eigenvalue weighted by Crippen LogP contribution is 2.25. The Morgan fingerprint density at radius 1 is 1.17 bits per heavy atom. The van der Waals surface area contributed by atoms with Gasteiger partial charge in [0.1, 0.15) is 5.75 Å². The number of nitrogens with one attached hydrogen (secondary N) is 1. The number of benzene rings is 1. The molecular formula is C15H18N2O. The molecule has 1 N–H and O–H groups in total. The zero-order valence-electron chi connectivity index (χ0n) is 10.9. The molecule has 0 bridgehead atoms. The number of ether oxygens (including phenoxy) is 1. The van der Waals surface area contributed by atoms with E-state index >= 15 is 0 Å². The van der Waals surface area contributed by atoms with Gasteiger partial charge >= 0.3 is 0 Å². The van der Waals surface area contributed by atoms with Gasteiger partial charge in [-0.05, 0) is 43.2 Å². The van der Waals surface area contributed by atoms with Crippen molar-refractivity contribution in [2.75, 3.05) is 12.0 Å². The molecule has 0 amide bonds. The lowest BCUT2D eigenvalue weighted by molar-refractivity contribution is 0.357. The Morgan fingerprint density at radius 2 is 1.94 bits per heavy atom. The third kappa shape index (κ3) is 1.96. The van der Waals surface area contributed by atoms with Crippen molar-refractivity contribution < 1.29 is 4.74 Å². The number of hydrogen-bond acceptors (Lipinski definition) is 2. The molecule has 0 aliphatic carbocycles. The van der Waals surface area contributed by atoms with E-state index in [4.69, 9.17) is 4.74 Å². The number of fused-ring (bicyclic) bond motifs is 1. The molecule has 1 aliphatic heterocycles. The van der Waals surface area contributed by atoms with Crippen LogP contribution in [0, 0.1) is 13.8 Å². The maximum absolute atomic E-state index is 5.52. The Hall–Kier alpha value is -1.90. The van der Waals surface area contributed by atoms with Gasteiger partial charge in [-0.3, -0.25) is 4.68 Å². The lowest BCUT2D eigenvalue weighted by atomic mass is 10.1. The molecule has 0 unspecified atom stereocenters. The minimum absolute atomic E-state index is 0.821. The molecule has 1 aliphatic rings. The van der Waals surface area contributed by atoms with Gasteiger partial charge in [-0.1, -0.05) is 12.1 Å². The summed E-state index contributed by atoms with van der Waals surface area (Å²) in [6.07, 6.45) is 1.03. The molecule has 2 heterocycles. The van der Waals surface area contributed by atoms with Crippen molar-refractivity contribution >= 4 is 0 Å². The molecule has 0 radical (unpaired) electrons. The van der Waals surface area contributed by atoms with Crippen molar-refractivity contribution in [1.29, 1.82) is 0 Å². The largest absolute Gasteiger partial charge is 0.493 e. The molecule has 0 saturated heterocycles. The summed E-state index contributed by atoms with van der Waals surface area (Å²) in [7, 11) is 0. The second kappa shape index (κ2) is 4.41. The van der Waals surface area contributed by atoms with Crippen LogP contribution in [-0.2, 0) is 13.0 Å². The molecule has 1 aromatic carbocycles. The number of aryl methyl sites for hydroxylation is 2. The van der Waals surface area contributed by atoms with Crippen molar-refractivity contribution in [3.8, 4) is 5.75 Å². The Morgan fingerprint density at radius 3 is 2.72 bits per heavy atom. The first-order valence-electron chi connectivity index (χ1n) is 6.37. The molecule has 18 heavy (non-hydrogen) atoms. The molecule has 0 spiro atoms. The van der Waals surface area contributed by atoms with Crippen LogP contribution in [0.1, 0.15) is 22.5 Å². The van der Waals surface area contributed by atoms with E-state index in [9.17, 15) is 0 Å². The Balaban J connectivity index is 1.74. The number of rotatable bonds is 3. The van der Waals surface area contributed by atoms with Crippen molar-refractivity contribution in [2.45, 2.75) is 26.8 Å². The highest BCUT2D eigenvalue weighted by atomic mass is 16.5. The van der Waals surface area contributed by atoms with Gasteiger partial charge in [-0.25, -0.2) is 0 Å². The van der Waals surface area contributed by atoms with Gasteiger partial charge < -0.3 is 10.2 Å². The van der Waals surface area contributed by atoms with E-state index in [1.54, 1.807) is 0 Å². The molecule has 0 fully saturated rings. The molecule has 2 aromatic rings. The molecule has 3 heteroatoms. The van der Waals surface area contributed by atoms with Crippen LogP contribution in [0.4, 0.5) is 0 Å². The van der Waals surface area contributed by atoms with E-state index in [0.29, 0.717) is 0 Å². The van der Waals surface area contributed by atoms with Crippen molar-refractivity contribution in [2.24, 2.45) is 0 Å². The fourth-order valence-electron chi connectivity index (χ4n) is 2.44. The average Bonchev–Trinajstić information content (AvgIpc) is 2.94. The predicted octanol–water partition coefficient (Wildman–Crippen LogP) is 2.78. The van der Waals surface area contributed by atoms with Crippen LogP contribution in [0.25, 0.3) is 0 Å². The summed E-state index contributed by atoms with van der Waals surface area (Å²) in [6, 6.07) is 10.7. The molecule has 3 rings (SSSR count). The topological polar surface area (TPSA) is 26.2 Å². The smallest absolute Gasteiger partial charge is 0.122 e. The molecule has 0 saturated carbocycles. The van der Waals surface area contributed by atoms with Crippen molar-refractivity contribution in [1.82, 2.24) is 4.68 Å². The van der Waals surface area contributed by atoms with E-state index in [-0.39, 0.29) is 0 Å². The standard InChI is InChI=1S/C15H18N2O/c1-11-3-4-12(2)17(11)16-10-13-5-6-15-14(9-13)7-8-18-15/h3-6,9,16H,7-8,10H2,1-2H3. The van der Waals surface area contributed by atoms with Crippen molar-refractivity contribution in [3.63, 3.8) is 0 Å². The average molecular weight is 242 g/mol. The van der Waals surface area contributed by atoms with Crippen LogP contribution >= 0.6 is 0 Å². The Bertz CT molecular complexity index is 552. The summed E-state index contributed by atoms with van der Waals surface area (Å²) in [5, 5.41) is 0. The number of hydrogen-bond donors (Lipinski definition) is 1. The van der Waals surface area contributed by atoms with Crippen LogP contribution in [0.3, 0.4) is 0 Å². The quantitative estimate of drug-likeness (QED) is 0.895. The van der Waals surface area contributed by atoms with Gasteiger partial charge in [0.05, 0.1) is 13.2 Å². The second-order valence-electron chi connectivity index (χ2n) is 4.83. The van der Waals surface area contributed by atoms with Gasteiger partial charge in [0.25, 0.3) is 0 Å². The van der Waals surface area contributed by atoms with E-state index in [1.807, 2.05) is 0 Å². The summed E-state index contributed by atoms with van der Waals surface area (Å²) in [5.41, 5.74) is 8.54. The fraction of sp³-hybridized carbons (Fsp3) is 0.333. The van der Waals surface area contributed by atoms with Crippen molar-refractivity contribution in [3.05, 3.63) is 52.8 Å². The third-order valence-electron chi connectivity index (χ3n) is 3.47. The lowest BCUT2D eigenvalue weighted by Gasteiger charge is -2.13. The predicted molar refractivity (Wildman–Crippen MR) is 72.6 cm³/mol. The van der Waals surface area contributed by atoms with Crippen LogP contribution in [0.15, 0.2) is 30.3 Å². The number of nitrogens with zero attached hydrogens (tertiary/aromatic N) is 1. The molecule has 1 aromatic heterocycles. The molecular weight excluding hydrogens is 224 g/mol. The van der Waals surface area contributed by atoms with Gasteiger partial charge in [-0.2, -0.15) is 0 Å². The fourth-order valence-corrected chi connectivity index (χ4v) is 2.44. The zero-order valence-corrected chi connectivity index (χ0v) is 10.9. The van der Waals surface area contributed by atoms with Gasteiger partial charge in [0.15, 0.2) is 0 Å². The first-order valence-corrected chi connectivity index (χ1v) is 6.37. The summed E-state index contributed by atoms with van der Waals surface area (Å²) >= 11 is 0. The summed E-state index contributed by atoms with van der Waals surface area (Å²) in [5.74, 6) is 1.05.